The van der Waals surface area contributed by atoms with E-state index in [-0.39, 0.29) is 0 Å². The molecule has 1 aromatic rings. The summed E-state index contributed by atoms with van der Waals surface area (Å²) in [4.78, 5) is 1.30. The molecule has 2 N–H and O–H groups in total. The van der Waals surface area contributed by atoms with Crippen molar-refractivity contribution in [3.63, 3.8) is 0 Å². The van der Waals surface area contributed by atoms with Crippen molar-refractivity contribution >= 4 is 17.3 Å². The van der Waals surface area contributed by atoms with Crippen molar-refractivity contribution in [1.29, 1.82) is 0 Å². The van der Waals surface area contributed by atoms with Crippen molar-refractivity contribution < 1.29 is 0 Å². The van der Waals surface area contributed by atoms with Gasteiger partial charge in [-0.2, -0.15) is 0 Å². The molecule has 0 radical (unpaired) electrons. The van der Waals surface area contributed by atoms with Crippen LogP contribution >= 0.6 is 11.8 Å². The summed E-state index contributed by atoms with van der Waals surface area (Å²) in [6, 6.07) is 8.53. The number of hydrogen-bond acceptors (Lipinski definition) is 2. The molecule has 0 saturated carbocycles. The minimum absolute atomic E-state index is 0.607. The maximum atomic E-state index is 5.44. The third kappa shape index (κ3) is 2.90. The van der Waals surface area contributed by atoms with Gasteiger partial charge in [-0.25, -0.2) is 0 Å². The molecule has 0 aliphatic rings. The molecule has 2 heteroatoms. The van der Waals surface area contributed by atoms with Crippen LogP contribution in [0, 0.1) is 0 Å². The monoisotopic (exact) mass is 193 g/mol. The molecule has 1 rings (SSSR count). The van der Waals surface area contributed by atoms with Crippen LogP contribution in [0.5, 0.6) is 0 Å². The van der Waals surface area contributed by atoms with Gasteiger partial charge in [0.1, 0.15) is 0 Å². The van der Waals surface area contributed by atoms with Crippen molar-refractivity contribution in [3.05, 3.63) is 35.9 Å². The van der Waals surface area contributed by atoms with E-state index in [9.17, 15) is 0 Å². The van der Waals surface area contributed by atoms with Gasteiger partial charge in [-0.05, 0) is 36.4 Å². The molecule has 0 aromatic heterocycles. The lowest BCUT2D eigenvalue weighted by molar-refractivity contribution is 1.25. The Bertz CT molecular complexity index is 287. The van der Waals surface area contributed by atoms with Gasteiger partial charge in [0.25, 0.3) is 0 Å². The first-order valence-corrected chi connectivity index (χ1v) is 5.51. The molecule has 0 spiro atoms. The minimum atomic E-state index is 0.607. The van der Waals surface area contributed by atoms with E-state index >= 15 is 0 Å². The SMILES string of the molecule is CSc1ccc(C(C)=CCN)cc1. The van der Waals surface area contributed by atoms with Crippen LogP contribution in [0.4, 0.5) is 0 Å². The van der Waals surface area contributed by atoms with Crippen molar-refractivity contribution in [2.75, 3.05) is 12.8 Å². The summed E-state index contributed by atoms with van der Waals surface area (Å²) in [6.07, 6.45) is 4.12. The van der Waals surface area contributed by atoms with E-state index in [0.717, 1.165) is 0 Å². The second kappa shape index (κ2) is 5.10. The molecule has 0 amide bonds. The second-order valence-corrected chi connectivity index (χ2v) is 3.73. The van der Waals surface area contributed by atoms with Crippen molar-refractivity contribution in [2.24, 2.45) is 5.73 Å². The molecular weight excluding hydrogens is 178 g/mol. The van der Waals surface area contributed by atoms with Crippen LogP contribution in [0.1, 0.15) is 12.5 Å². The molecule has 0 aliphatic carbocycles. The minimum Gasteiger partial charge on any atom is -0.327 e. The molecule has 70 valence electrons. The second-order valence-electron chi connectivity index (χ2n) is 2.85. The zero-order valence-electron chi connectivity index (χ0n) is 8.08. The van der Waals surface area contributed by atoms with Gasteiger partial charge >= 0.3 is 0 Å². The molecule has 0 heterocycles. The lowest BCUT2D eigenvalue weighted by atomic mass is 10.1. The van der Waals surface area contributed by atoms with E-state index < -0.39 is 0 Å². The molecule has 1 aromatic carbocycles. The number of allylic oxidation sites excluding steroid dienone is 1. The van der Waals surface area contributed by atoms with Gasteiger partial charge in [0.05, 0.1) is 0 Å². The van der Waals surface area contributed by atoms with Gasteiger partial charge in [-0.1, -0.05) is 18.2 Å². The normalized spacial score (nSPS) is 11.8. The Morgan fingerprint density at radius 2 is 2.00 bits per heavy atom. The van der Waals surface area contributed by atoms with Crippen molar-refractivity contribution in [3.8, 4) is 0 Å². The Kier molecular flexibility index (Phi) is 4.06. The smallest absolute Gasteiger partial charge is 0.0112 e. The van der Waals surface area contributed by atoms with Crippen LogP contribution in [-0.4, -0.2) is 12.8 Å². The fourth-order valence-electron chi connectivity index (χ4n) is 1.15. The van der Waals surface area contributed by atoms with Gasteiger partial charge in [0.15, 0.2) is 0 Å². The zero-order chi connectivity index (χ0) is 9.68. The first-order chi connectivity index (χ1) is 6.27. The molecule has 0 saturated heterocycles. The van der Waals surface area contributed by atoms with Crippen LogP contribution in [0.3, 0.4) is 0 Å². The van der Waals surface area contributed by atoms with Crippen LogP contribution in [-0.2, 0) is 0 Å². The molecule has 1 nitrogen and oxygen atoms in total. The molecule has 0 aliphatic heterocycles. The van der Waals surface area contributed by atoms with E-state index in [4.69, 9.17) is 5.73 Å². The average Bonchev–Trinajstić information content (AvgIpc) is 2.18. The van der Waals surface area contributed by atoms with Crippen LogP contribution in [0.25, 0.3) is 5.57 Å². The Morgan fingerprint density at radius 1 is 1.38 bits per heavy atom. The number of thioether (sulfide) groups is 1. The van der Waals surface area contributed by atoms with E-state index in [1.807, 2.05) is 6.08 Å². The molecule has 13 heavy (non-hydrogen) atoms. The number of nitrogens with two attached hydrogens (primary N) is 1. The zero-order valence-corrected chi connectivity index (χ0v) is 8.90. The first-order valence-electron chi connectivity index (χ1n) is 4.29. The summed E-state index contributed by atoms with van der Waals surface area (Å²) < 4.78 is 0. The number of rotatable bonds is 3. The Labute approximate surface area is 84.0 Å². The predicted molar refractivity (Wildman–Crippen MR) is 60.9 cm³/mol. The summed E-state index contributed by atoms with van der Waals surface area (Å²) in [6.45, 7) is 2.69. The van der Waals surface area contributed by atoms with E-state index in [2.05, 4.69) is 37.4 Å². The number of benzene rings is 1. The van der Waals surface area contributed by atoms with Gasteiger partial charge < -0.3 is 5.73 Å². The van der Waals surface area contributed by atoms with Gasteiger partial charge in [0, 0.05) is 11.4 Å². The third-order valence-corrected chi connectivity index (χ3v) is 2.71. The van der Waals surface area contributed by atoms with Crippen LogP contribution < -0.4 is 5.73 Å². The summed E-state index contributed by atoms with van der Waals surface area (Å²) in [7, 11) is 0. The highest BCUT2D eigenvalue weighted by Gasteiger charge is 1.94. The number of hydrogen-bond donors (Lipinski definition) is 1. The topological polar surface area (TPSA) is 26.0 Å². The third-order valence-electron chi connectivity index (χ3n) is 1.97. The van der Waals surface area contributed by atoms with Gasteiger partial charge in [0.2, 0.25) is 0 Å². The van der Waals surface area contributed by atoms with E-state index in [1.165, 1.54) is 16.0 Å². The van der Waals surface area contributed by atoms with Crippen LogP contribution in [0.15, 0.2) is 35.2 Å². The molecule has 0 bridgehead atoms. The maximum Gasteiger partial charge on any atom is 0.0112 e. The van der Waals surface area contributed by atoms with Crippen molar-refractivity contribution in [2.45, 2.75) is 11.8 Å². The molecular formula is C11H15NS. The highest BCUT2D eigenvalue weighted by molar-refractivity contribution is 7.98. The van der Waals surface area contributed by atoms with E-state index in [1.54, 1.807) is 11.8 Å². The Hall–Kier alpha value is -0.730. The summed E-state index contributed by atoms with van der Waals surface area (Å²) >= 11 is 1.76. The van der Waals surface area contributed by atoms with E-state index in [0.29, 0.717) is 6.54 Å². The lowest BCUT2D eigenvalue weighted by Gasteiger charge is -2.02. The maximum absolute atomic E-state index is 5.44. The summed E-state index contributed by atoms with van der Waals surface area (Å²) in [5.41, 5.74) is 7.94. The summed E-state index contributed by atoms with van der Waals surface area (Å²) in [5, 5.41) is 0. The highest BCUT2D eigenvalue weighted by atomic mass is 32.2. The molecule has 0 fully saturated rings. The largest absolute Gasteiger partial charge is 0.327 e. The van der Waals surface area contributed by atoms with Crippen LogP contribution in [0.2, 0.25) is 0 Å². The lowest BCUT2D eigenvalue weighted by Crippen LogP contribution is -1.94. The van der Waals surface area contributed by atoms with Gasteiger partial charge in [-0.15, -0.1) is 11.8 Å². The Morgan fingerprint density at radius 3 is 2.46 bits per heavy atom. The summed E-state index contributed by atoms with van der Waals surface area (Å²) in [5.74, 6) is 0. The van der Waals surface area contributed by atoms with Crippen molar-refractivity contribution in [1.82, 2.24) is 0 Å². The molecule has 0 unspecified atom stereocenters. The molecule has 0 atom stereocenters. The highest BCUT2D eigenvalue weighted by Crippen LogP contribution is 2.19. The quantitative estimate of drug-likeness (QED) is 0.747. The first kappa shape index (κ1) is 10.4. The predicted octanol–water partition coefficient (Wildman–Crippen LogP) is 2.77. The standard InChI is InChI=1S/C11H15NS/c1-9(7-8-12)10-3-5-11(13-2)6-4-10/h3-7H,8,12H2,1-2H3. The van der Waals surface area contributed by atoms with Gasteiger partial charge in [-0.3, -0.25) is 0 Å². The fourth-order valence-corrected chi connectivity index (χ4v) is 1.56. The Balaban J connectivity index is 2.85. The fraction of sp³-hybridized carbons (Fsp3) is 0.273. The average molecular weight is 193 g/mol.